The van der Waals surface area contributed by atoms with Gasteiger partial charge in [0.05, 0.1) is 17.7 Å². The van der Waals surface area contributed by atoms with Gasteiger partial charge in [-0.05, 0) is 36.4 Å². The van der Waals surface area contributed by atoms with Gasteiger partial charge in [0.2, 0.25) is 0 Å². The van der Waals surface area contributed by atoms with E-state index in [4.69, 9.17) is 14.7 Å². The van der Waals surface area contributed by atoms with E-state index in [-0.39, 0.29) is 17.9 Å². The van der Waals surface area contributed by atoms with Gasteiger partial charge < -0.3 is 9.47 Å². The number of carbonyl (C=O) groups is 1. The number of rotatable bonds is 6. The van der Waals surface area contributed by atoms with Gasteiger partial charge in [-0.1, -0.05) is 6.07 Å². The molecule has 0 aliphatic rings. The minimum absolute atomic E-state index is 0.118. The molecule has 0 saturated heterocycles. The van der Waals surface area contributed by atoms with Gasteiger partial charge in [0.15, 0.2) is 0 Å². The van der Waals surface area contributed by atoms with Crippen molar-refractivity contribution in [1.29, 1.82) is 5.26 Å². The topological polar surface area (TPSA) is 72.2 Å². The Labute approximate surface area is 153 Å². The molecule has 0 N–H and O–H groups in total. The summed E-state index contributed by atoms with van der Waals surface area (Å²) in [5.74, 6) is -0.587. The molecule has 0 unspecified atom stereocenters. The Kier molecular flexibility index (Phi) is 5.56. The van der Waals surface area contributed by atoms with Crippen molar-refractivity contribution in [3.8, 4) is 17.6 Å². The van der Waals surface area contributed by atoms with E-state index in [1.165, 1.54) is 29.5 Å². The molecule has 1 heterocycles. The van der Waals surface area contributed by atoms with Crippen LogP contribution in [0.1, 0.15) is 20.8 Å². The Bertz CT molecular complexity index is 934. The van der Waals surface area contributed by atoms with E-state index >= 15 is 0 Å². The Morgan fingerprint density at radius 3 is 2.73 bits per heavy atom. The number of nitrogens with zero attached hydrogens (tertiary/aromatic N) is 2. The zero-order valence-corrected chi connectivity index (χ0v) is 14.3. The van der Waals surface area contributed by atoms with Crippen LogP contribution in [0.4, 0.5) is 4.39 Å². The first-order chi connectivity index (χ1) is 12.7. The van der Waals surface area contributed by atoms with Crippen molar-refractivity contribution in [1.82, 2.24) is 4.98 Å². The summed E-state index contributed by atoms with van der Waals surface area (Å²) in [7, 11) is 0. The lowest BCUT2D eigenvalue weighted by Crippen LogP contribution is -2.07. The second-order valence-corrected chi connectivity index (χ2v) is 6.18. The van der Waals surface area contributed by atoms with Gasteiger partial charge in [-0.25, -0.2) is 9.18 Å². The van der Waals surface area contributed by atoms with E-state index in [2.05, 4.69) is 4.98 Å². The number of nitriles is 1. The van der Waals surface area contributed by atoms with Gasteiger partial charge in [-0.2, -0.15) is 5.26 Å². The monoisotopic (exact) mass is 368 g/mol. The Morgan fingerprint density at radius 1 is 1.23 bits per heavy atom. The molecule has 0 aliphatic carbocycles. The molecular weight excluding hydrogens is 355 g/mol. The molecule has 0 saturated carbocycles. The van der Waals surface area contributed by atoms with Crippen molar-refractivity contribution < 1.29 is 18.7 Å². The standard InChI is InChI=1S/C19H13FN2O3S/c20-17-2-1-3-18(16(17)10-21)25-14-6-4-13(5-7-14)19(23)24-9-8-15-11-22-12-26-15/h1-7,11-12H,8-9H2. The minimum Gasteiger partial charge on any atom is -0.462 e. The van der Waals surface area contributed by atoms with E-state index in [9.17, 15) is 9.18 Å². The summed E-state index contributed by atoms with van der Waals surface area (Å²) in [6.45, 7) is 0.272. The van der Waals surface area contributed by atoms with Crippen molar-refractivity contribution in [3.05, 3.63) is 76.0 Å². The number of aromatic nitrogens is 1. The molecule has 0 amide bonds. The van der Waals surface area contributed by atoms with Crippen LogP contribution in [-0.2, 0) is 11.2 Å². The average molecular weight is 368 g/mol. The third-order valence-electron chi connectivity index (χ3n) is 3.47. The fourth-order valence-corrected chi connectivity index (χ4v) is 2.76. The maximum atomic E-state index is 13.6. The zero-order valence-electron chi connectivity index (χ0n) is 13.5. The number of carbonyl (C=O) groups excluding carboxylic acids is 1. The predicted octanol–water partition coefficient (Wildman–Crippen LogP) is 4.35. The molecule has 26 heavy (non-hydrogen) atoms. The molecule has 5 nitrogen and oxygen atoms in total. The first-order valence-corrected chi connectivity index (χ1v) is 8.56. The van der Waals surface area contributed by atoms with Gasteiger partial charge in [0.25, 0.3) is 0 Å². The number of benzene rings is 2. The summed E-state index contributed by atoms with van der Waals surface area (Å²) in [4.78, 5) is 17.0. The van der Waals surface area contributed by atoms with Crippen LogP contribution >= 0.6 is 11.3 Å². The van der Waals surface area contributed by atoms with E-state index in [1.54, 1.807) is 42.0 Å². The summed E-state index contributed by atoms with van der Waals surface area (Å²) >= 11 is 1.51. The number of ether oxygens (including phenoxy) is 2. The molecular formula is C19H13FN2O3S. The summed E-state index contributed by atoms with van der Waals surface area (Å²) in [6.07, 6.45) is 2.36. The minimum atomic E-state index is -0.647. The summed E-state index contributed by atoms with van der Waals surface area (Å²) < 4.78 is 24.3. The predicted molar refractivity (Wildman–Crippen MR) is 93.7 cm³/mol. The second kappa shape index (κ2) is 8.23. The van der Waals surface area contributed by atoms with Crippen LogP contribution in [0.25, 0.3) is 0 Å². The summed E-state index contributed by atoms with van der Waals surface area (Å²) in [6, 6.07) is 12.1. The zero-order chi connectivity index (χ0) is 18.4. The lowest BCUT2D eigenvalue weighted by molar-refractivity contribution is 0.0510. The molecule has 3 rings (SSSR count). The van der Waals surface area contributed by atoms with Gasteiger partial charge >= 0.3 is 5.97 Å². The largest absolute Gasteiger partial charge is 0.462 e. The number of esters is 1. The first kappa shape index (κ1) is 17.6. The van der Waals surface area contributed by atoms with Gasteiger partial charge in [-0.3, -0.25) is 4.98 Å². The van der Waals surface area contributed by atoms with Crippen LogP contribution in [0, 0.1) is 17.1 Å². The van der Waals surface area contributed by atoms with Crippen LogP contribution in [-0.4, -0.2) is 17.6 Å². The molecule has 0 atom stereocenters. The highest BCUT2D eigenvalue weighted by atomic mass is 32.1. The quantitative estimate of drug-likeness (QED) is 0.605. The molecule has 3 aromatic rings. The highest BCUT2D eigenvalue weighted by Crippen LogP contribution is 2.26. The number of halogens is 1. The van der Waals surface area contributed by atoms with Crippen LogP contribution in [0.3, 0.4) is 0 Å². The third-order valence-corrected chi connectivity index (χ3v) is 4.31. The van der Waals surface area contributed by atoms with Crippen molar-refractivity contribution in [2.45, 2.75) is 6.42 Å². The lowest BCUT2D eigenvalue weighted by atomic mass is 10.2. The van der Waals surface area contributed by atoms with Gasteiger partial charge in [0.1, 0.15) is 28.9 Å². The second-order valence-electron chi connectivity index (χ2n) is 5.20. The van der Waals surface area contributed by atoms with E-state index in [0.717, 1.165) is 4.88 Å². The molecule has 0 spiro atoms. The fourth-order valence-electron chi connectivity index (χ4n) is 2.18. The van der Waals surface area contributed by atoms with Gasteiger partial charge in [-0.15, -0.1) is 11.3 Å². The van der Waals surface area contributed by atoms with Crippen LogP contribution in [0.5, 0.6) is 11.5 Å². The van der Waals surface area contributed by atoms with Crippen LogP contribution in [0.2, 0.25) is 0 Å². The van der Waals surface area contributed by atoms with Crippen molar-refractivity contribution in [3.63, 3.8) is 0 Å². The number of thiazole rings is 1. The van der Waals surface area contributed by atoms with Crippen LogP contribution in [0.15, 0.2) is 54.2 Å². The number of hydrogen-bond acceptors (Lipinski definition) is 6. The highest BCUT2D eigenvalue weighted by Gasteiger charge is 2.11. The summed E-state index contributed by atoms with van der Waals surface area (Å²) in [5.41, 5.74) is 1.94. The molecule has 0 bridgehead atoms. The Morgan fingerprint density at radius 2 is 2.04 bits per heavy atom. The maximum Gasteiger partial charge on any atom is 0.338 e. The lowest BCUT2D eigenvalue weighted by Gasteiger charge is -2.08. The van der Waals surface area contributed by atoms with Gasteiger partial charge in [0, 0.05) is 17.5 Å². The van der Waals surface area contributed by atoms with Crippen molar-refractivity contribution >= 4 is 17.3 Å². The van der Waals surface area contributed by atoms with E-state index in [1.807, 2.05) is 0 Å². The average Bonchev–Trinajstić information content (AvgIpc) is 3.16. The Balaban J connectivity index is 1.60. The first-order valence-electron chi connectivity index (χ1n) is 7.68. The summed E-state index contributed by atoms with van der Waals surface area (Å²) in [5, 5.41) is 9.01. The van der Waals surface area contributed by atoms with Crippen molar-refractivity contribution in [2.24, 2.45) is 0 Å². The molecule has 0 radical (unpaired) electrons. The molecule has 1 aromatic heterocycles. The molecule has 130 valence electrons. The van der Waals surface area contributed by atoms with Crippen LogP contribution < -0.4 is 4.74 Å². The molecule has 0 fully saturated rings. The van der Waals surface area contributed by atoms with E-state index < -0.39 is 11.8 Å². The number of hydrogen-bond donors (Lipinski definition) is 0. The fraction of sp³-hybridized carbons (Fsp3) is 0.105. The third kappa shape index (κ3) is 4.23. The highest BCUT2D eigenvalue weighted by molar-refractivity contribution is 7.09. The van der Waals surface area contributed by atoms with Crippen molar-refractivity contribution in [2.75, 3.05) is 6.61 Å². The Hall–Kier alpha value is -3.24. The smallest absolute Gasteiger partial charge is 0.338 e. The molecule has 2 aromatic carbocycles. The van der Waals surface area contributed by atoms with E-state index in [0.29, 0.717) is 17.7 Å². The SMILES string of the molecule is N#Cc1c(F)cccc1Oc1ccc(C(=O)OCCc2cncs2)cc1. The molecule has 7 heteroatoms. The molecule has 0 aliphatic heterocycles. The normalized spacial score (nSPS) is 10.2. The maximum absolute atomic E-state index is 13.6.